The van der Waals surface area contributed by atoms with Crippen molar-refractivity contribution in [1.29, 1.82) is 0 Å². The van der Waals surface area contributed by atoms with Gasteiger partial charge in [0.2, 0.25) is 0 Å². The van der Waals surface area contributed by atoms with Crippen LogP contribution in [0.15, 0.2) is 6.20 Å². The number of imidazole rings is 1. The number of fused-ring (bicyclic) bond motifs is 1. The molecule has 2 atom stereocenters. The molecule has 0 radical (unpaired) electrons. The molecule has 5 nitrogen and oxygen atoms in total. The maximum Gasteiger partial charge on any atom is 0.306 e. The summed E-state index contributed by atoms with van der Waals surface area (Å²) in [5.41, 5.74) is 1.09. The van der Waals surface area contributed by atoms with Gasteiger partial charge in [-0.3, -0.25) is 4.79 Å². The number of aliphatic carboxylic acids is 1. The minimum atomic E-state index is -0.677. The van der Waals surface area contributed by atoms with Crippen molar-refractivity contribution in [3.8, 4) is 0 Å². The highest BCUT2D eigenvalue weighted by atomic mass is 16.4. The molecular weight excluding hydrogens is 230 g/mol. The molecule has 2 aliphatic rings. The molecule has 1 fully saturated rings. The summed E-state index contributed by atoms with van der Waals surface area (Å²) in [4.78, 5) is 15.5. The second kappa shape index (κ2) is 4.72. The molecule has 0 aromatic carbocycles. The summed E-state index contributed by atoms with van der Waals surface area (Å²) in [5, 5.41) is 12.4. The monoisotopic (exact) mass is 249 g/mol. The summed E-state index contributed by atoms with van der Waals surface area (Å²) in [5.74, 6) is 0.926. The second-order valence-electron chi connectivity index (χ2n) is 5.41. The van der Waals surface area contributed by atoms with E-state index < -0.39 is 5.97 Å². The van der Waals surface area contributed by atoms with Gasteiger partial charge in [-0.1, -0.05) is 0 Å². The number of hydrogen-bond donors (Lipinski definition) is 2. The first-order chi connectivity index (χ1) is 8.74. The summed E-state index contributed by atoms with van der Waals surface area (Å²) in [6.07, 6.45) is 5.47. The Morgan fingerprint density at radius 2 is 2.44 bits per heavy atom. The molecule has 2 N–H and O–H groups in total. The van der Waals surface area contributed by atoms with Crippen molar-refractivity contribution in [2.75, 3.05) is 13.1 Å². The van der Waals surface area contributed by atoms with Gasteiger partial charge in [-0.2, -0.15) is 0 Å². The second-order valence-corrected chi connectivity index (χ2v) is 5.41. The molecule has 18 heavy (non-hydrogen) atoms. The lowest BCUT2D eigenvalue weighted by molar-refractivity contribution is -0.142. The van der Waals surface area contributed by atoms with Gasteiger partial charge in [0.1, 0.15) is 5.82 Å². The van der Waals surface area contributed by atoms with E-state index in [-0.39, 0.29) is 5.92 Å². The molecule has 98 valence electrons. The molecule has 1 aromatic heterocycles. The molecule has 1 aromatic rings. The molecule has 0 saturated carbocycles. The molecule has 3 heterocycles. The summed E-state index contributed by atoms with van der Waals surface area (Å²) < 4.78 is 2.23. The molecule has 0 bridgehead atoms. The first kappa shape index (κ1) is 11.7. The Morgan fingerprint density at radius 1 is 1.56 bits per heavy atom. The van der Waals surface area contributed by atoms with E-state index in [1.807, 2.05) is 6.20 Å². The Bertz CT molecular complexity index is 449. The topological polar surface area (TPSA) is 67.1 Å². The van der Waals surface area contributed by atoms with E-state index in [0.717, 1.165) is 44.0 Å². The van der Waals surface area contributed by atoms with Gasteiger partial charge < -0.3 is 15.0 Å². The minimum absolute atomic E-state index is 0.227. The number of nitrogens with one attached hydrogen (secondary N) is 1. The average Bonchev–Trinajstić information content (AvgIpc) is 2.99. The molecule has 1 saturated heterocycles. The van der Waals surface area contributed by atoms with Gasteiger partial charge in [-0.25, -0.2) is 4.98 Å². The van der Waals surface area contributed by atoms with Crippen molar-refractivity contribution in [2.45, 2.75) is 32.2 Å². The van der Waals surface area contributed by atoms with Crippen molar-refractivity contribution >= 4 is 5.97 Å². The third-order valence-corrected chi connectivity index (χ3v) is 4.16. The summed E-state index contributed by atoms with van der Waals surface area (Å²) >= 11 is 0. The van der Waals surface area contributed by atoms with Crippen LogP contribution in [0.25, 0.3) is 0 Å². The zero-order valence-electron chi connectivity index (χ0n) is 10.4. The van der Waals surface area contributed by atoms with Gasteiger partial charge in [-0.05, 0) is 31.8 Å². The van der Waals surface area contributed by atoms with Crippen LogP contribution < -0.4 is 5.32 Å². The first-order valence-electron chi connectivity index (χ1n) is 6.71. The number of rotatable bonds is 3. The van der Waals surface area contributed by atoms with Gasteiger partial charge in [0.15, 0.2) is 0 Å². The van der Waals surface area contributed by atoms with Crippen LogP contribution in [-0.2, 0) is 24.2 Å². The SMILES string of the molecule is O=C(O)C1CCn2c(cnc2CC2CCNC2)C1. The van der Waals surface area contributed by atoms with Crippen molar-refractivity contribution in [3.05, 3.63) is 17.7 Å². The minimum Gasteiger partial charge on any atom is -0.481 e. The third kappa shape index (κ3) is 2.14. The van der Waals surface area contributed by atoms with Crippen molar-refractivity contribution in [2.24, 2.45) is 11.8 Å². The molecule has 0 spiro atoms. The fraction of sp³-hybridized carbons (Fsp3) is 0.692. The van der Waals surface area contributed by atoms with Crippen LogP contribution >= 0.6 is 0 Å². The predicted molar refractivity (Wildman–Crippen MR) is 66.4 cm³/mol. The van der Waals surface area contributed by atoms with E-state index in [4.69, 9.17) is 5.11 Å². The Hall–Kier alpha value is -1.36. The number of carboxylic acids is 1. The Morgan fingerprint density at radius 3 is 3.17 bits per heavy atom. The lowest BCUT2D eigenvalue weighted by Crippen LogP contribution is -2.26. The number of nitrogens with zero attached hydrogens (tertiary/aromatic N) is 2. The fourth-order valence-corrected chi connectivity index (χ4v) is 3.05. The van der Waals surface area contributed by atoms with Crippen LogP contribution in [0.4, 0.5) is 0 Å². The normalized spacial score (nSPS) is 27.1. The predicted octanol–water partition coefficient (Wildman–Crippen LogP) is 0.682. The summed E-state index contributed by atoms with van der Waals surface area (Å²) in [6.45, 7) is 3.00. The van der Waals surface area contributed by atoms with E-state index in [9.17, 15) is 4.79 Å². The van der Waals surface area contributed by atoms with Gasteiger partial charge in [0.05, 0.1) is 5.92 Å². The van der Waals surface area contributed by atoms with Crippen LogP contribution in [0, 0.1) is 11.8 Å². The van der Waals surface area contributed by atoms with Crippen molar-refractivity contribution in [1.82, 2.24) is 14.9 Å². The van der Waals surface area contributed by atoms with Crippen LogP contribution in [0.2, 0.25) is 0 Å². The molecular formula is C13H19N3O2. The van der Waals surface area contributed by atoms with Crippen molar-refractivity contribution in [3.63, 3.8) is 0 Å². The maximum atomic E-state index is 11.0. The van der Waals surface area contributed by atoms with Gasteiger partial charge >= 0.3 is 5.97 Å². The Labute approximate surface area is 106 Å². The molecule has 5 heteroatoms. The highest BCUT2D eigenvalue weighted by molar-refractivity contribution is 5.70. The molecule has 0 aliphatic carbocycles. The average molecular weight is 249 g/mol. The van der Waals surface area contributed by atoms with Crippen LogP contribution in [0.3, 0.4) is 0 Å². The third-order valence-electron chi connectivity index (χ3n) is 4.16. The molecule has 3 rings (SSSR count). The van der Waals surface area contributed by atoms with Crippen LogP contribution in [0.1, 0.15) is 24.4 Å². The zero-order valence-corrected chi connectivity index (χ0v) is 10.4. The van der Waals surface area contributed by atoms with E-state index in [1.54, 1.807) is 0 Å². The standard InChI is InChI=1S/C13H19N3O2/c17-13(18)10-2-4-16-11(6-10)8-15-12(16)5-9-1-3-14-7-9/h8-10,14H,1-7H2,(H,17,18). The molecule has 2 unspecified atom stereocenters. The highest BCUT2D eigenvalue weighted by Gasteiger charge is 2.27. The van der Waals surface area contributed by atoms with Gasteiger partial charge in [0, 0.05) is 31.3 Å². The number of hydrogen-bond acceptors (Lipinski definition) is 3. The van der Waals surface area contributed by atoms with Crippen LogP contribution in [-0.4, -0.2) is 33.7 Å². The number of carbonyl (C=O) groups is 1. The largest absolute Gasteiger partial charge is 0.481 e. The maximum absolute atomic E-state index is 11.0. The van der Waals surface area contributed by atoms with Crippen LogP contribution in [0.5, 0.6) is 0 Å². The van der Waals surface area contributed by atoms with E-state index >= 15 is 0 Å². The zero-order chi connectivity index (χ0) is 12.5. The number of carboxylic acid groups (broad SMARTS) is 1. The highest BCUT2D eigenvalue weighted by Crippen LogP contribution is 2.24. The van der Waals surface area contributed by atoms with E-state index in [1.165, 1.54) is 6.42 Å². The van der Waals surface area contributed by atoms with E-state index in [0.29, 0.717) is 12.3 Å². The van der Waals surface area contributed by atoms with Gasteiger partial charge in [-0.15, -0.1) is 0 Å². The lowest BCUT2D eigenvalue weighted by Gasteiger charge is -2.22. The molecule has 2 aliphatic heterocycles. The summed E-state index contributed by atoms with van der Waals surface area (Å²) in [7, 11) is 0. The lowest BCUT2D eigenvalue weighted by atomic mass is 9.96. The fourth-order valence-electron chi connectivity index (χ4n) is 3.05. The summed E-state index contributed by atoms with van der Waals surface area (Å²) in [6, 6.07) is 0. The number of aromatic nitrogens is 2. The molecule has 0 amide bonds. The van der Waals surface area contributed by atoms with E-state index in [2.05, 4.69) is 14.9 Å². The van der Waals surface area contributed by atoms with Gasteiger partial charge in [0.25, 0.3) is 0 Å². The smallest absolute Gasteiger partial charge is 0.306 e. The Kier molecular flexibility index (Phi) is 3.07. The Balaban J connectivity index is 1.73. The first-order valence-corrected chi connectivity index (χ1v) is 6.71. The van der Waals surface area contributed by atoms with Crippen molar-refractivity contribution < 1.29 is 9.90 Å². The quantitative estimate of drug-likeness (QED) is 0.826.